The van der Waals surface area contributed by atoms with E-state index in [2.05, 4.69) is 10.6 Å². The predicted octanol–water partition coefficient (Wildman–Crippen LogP) is 4.50. The Kier molecular flexibility index (Phi) is 7.72. The fourth-order valence-electron chi connectivity index (χ4n) is 2.98. The van der Waals surface area contributed by atoms with E-state index in [9.17, 15) is 9.59 Å². The molecule has 0 spiro atoms. The van der Waals surface area contributed by atoms with Gasteiger partial charge in [-0.05, 0) is 54.7 Å². The highest BCUT2D eigenvalue weighted by atomic mass is 32.1. The van der Waals surface area contributed by atoms with Crippen LogP contribution in [0.5, 0.6) is 5.75 Å². The van der Waals surface area contributed by atoms with Gasteiger partial charge in [0.15, 0.2) is 5.11 Å². The number of thiocarbonyl (C=S) groups is 1. The molecule has 2 N–H and O–H groups in total. The van der Waals surface area contributed by atoms with Crippen molar-refractivity contribution < 1.29 is 14.3 Å². The SMILES string of the molecule is COc1ccccc1/C=C/C(=O)NC(=S)Nc1cccc(C(=O)N(C)c2ccccc2)c1. The summed E-state index contributed by atoms with van der Waals surface area (Å²) in [5, 5.41) is 5.66. The maximum atomic E-state index is 12.8. The molecule has 2 amide bonds. The lowest BCUT2D eigenvalue weighted by Crippen LogP contribution is -2.33. The van der Waals surface area contributed by atoms with Crippen molar-refractivity contribution in [3.8, 4) is 5.75 Å². The monoisotopic (exact) mass is 445 g/mol. The Morgan fingerprint density at radius 3 is 2.44 bits per heavy atom. The van der Waals surface area contributed by atoms with E-state index < -0.39 is 0 Å². The lowest BCUT2D eigenvalue weighted by atomic mass is 10.1. The summed E-state index contributed by atoms with van der Waals surface area (Å²) in [4.78, 5) is 26.6. The first-order chi connectivity index (χ1) is 15.5. The first-order valence-electron chi connectivity index (χ1n) is 9.84. The van der Waals surface area contributed by atoms with Crippen molar-refractivity contribution in [2.24, 2.45) is 0 Å². The quantitative estimate of drug-likeness (QED) is 0.432. The van der Waals surface area contributed by atoms with Gasteiger partial charge in [-0.15, -0.1) is 0 Å². The maximum absolute atomic E-state index is 12.8. The molecule has 0 saturated carbocycles. The normalized spacial score (nSPS) is 10.4. The van der Waals surface area contributed by atoms with Crippen molar-refractivity contribution in [3.05, 3.63) is 96.1 Å². The lowest BCUT2D eigenvalue weighted by molar-refractivity contribution is -0.115. The van der Waals surface area contributed by atoms with E-state index in [0.29, 0.717) is 17.0 Å². The fraction of sp³-hybridized carbons (Fsp3) is 0.0800. The molecule has 0 fully saturated rings. The zero-order valence-corrected chi connectivity index (χ0v) is 18.6. The lowest BCUT2D eigenvalue weighted by Gasteiger charge is -2.18. The Morgan fingerprint density at radius 2 is 1.69 bits per heavy atom. The Hall–Kier alpha value is -3.97. The van der Waals surface area contributed by atoms with Gasteiger partial charge in [0.25, 0.3) is 5.91 Å². The summed E-state index contributed by atoms with van der Waals surface area (Å²) in [6.45, 7) is 0. The summed E-state index contributed by atoms with van der Waals surface area (Å²) in [6, 6.07) is 23.7. The van der Waals surface area contributed by atoms with Crippen molar-refractivity contribution >= 4 is 46.6 Å². The van der Waals surface area contributed by atoms with Crippen LogP contribution in [-0.2, 0) is 4.79 Å². The number of rotatable bonds is 6. The third-order valence-corrected chi connectivity index (χ3v) is 4.81. The summed E-state index contributed by atoms with van der Waals surface area (Å²) in [5.41, 5.74) is 2.65. The molecule has 0 aliphatic rings. The summed E-state index contributed by atoms with van der Waals surface area (Å²) in [7, 11) is 3.29. The van der Waals surface area contributed by atoms with Crippen LogP contribution < -0.4 is 20.3 Å². The summed E-state index contributed by atoms with van der Waals surface area (Å²) in [5.74, 6) is 0.123. The summed E-state index contributed by atoms with van der Waals surface area (Å²) < 4.78 is 5.26. The molecule has 0 bridgehead atoms. The molecule has 0 aliphatic heterocycles. The number of benzene rings is 3. The highest BCUT2D eigenvalue weighted by Gasteiger charge is 2.14. The molecule has 6 nitrogen and oxygen atoms in total. The number of nitrogens with one attached hydrogen (secondary N) is 2. The zero-order valence-electron chi connectivity index (χ0n) is 17.7. The average Bonchev–Trinajstić information content (AvgIpc) is 2.82. The Morgan fingerprint density at radius 1 is 0.969 bits per heavy atom. The van der Waals surface area contributed by atoms with E-state index in [4.69, 9.17) is 17.0 Å². The summed E-state index contributed by atoms with van der Waals surface area (Å²) >= 11 is 5.23. The second kappa shape index (κ2) is 10.9. The molecular formula is C25H23N3O3S. The molecule has 32 heavy (non-hydrogen) atoms. The van der Waals surface area contributed by atoms with Gasteiger partial charge in [-0.3, -0.25) is 14.9 Å². The number of hydrogen-bond acceptors (Lipinski definition) is 4. The van der Waals surface area contributed by atoms with Gasteiger partial charge >= 0.3 is 0 Å². The van der Waals surface area contributed by atoms with E-state index >= 15 is 0 Å². The van der Waals surface area contributed by atoms with E-state index in [0.717, 1.165) is 11.3 Å². The van der Waals surface area contributed by atoms with Gasteiger partial charge in [-0.2, -0.15) is 0 Å². The average molecular weight is 446 g/mol. The molecule has 0 atom stereocenters. The van der Waals surface area contributed by atoms with Gasteiger partial charge in [0.05, 0.1) is 7.11 Å². The van der Waals surface area contributed by atoms with E-state index in [1.807, 2.05) is 54.6 Å². The largest absolute Gasteiger partial charge is 0.496 e. The Bertz CT molecular complexity index is 1150. The molecule has 3 rings (SSSR count). The van der Waals surface area contributed by atoms with E-state index in [-0.39, 0.29) is 16.9 Å². The van der Waals surface area contributed by atoms with Crippen LogP contribution in [0.2, 0.25) is 0 Å². The van der Waals surface area contributed by atoms with Crippen molar-refractivity contribution in [2.45, 2.75) is 0 Å². The van der Waals surface area contributed by atoms with Crippen LogP contribution in [-0.4, -0.2) is 31.1 Å². The van der Waals surface area contributed by atoms with Gasteiger partial charge < -0.3 is 15.0 Å². The van der Waals surface area contributed by atoms with Gasteiger partial charge in [-0.1, -0.05) is 42.5 Å². The van der Waals surface area contributed by atoms with Crippen LogP contribution in [0.25, 0.3) is 6.08 Å². The minimum atomic E-state index is -0.385. The van der Waals surface area contributed by atoms with Crippen LogP contribution >= 0.6 is 12.2 Å². The third kappa shape index (κ3) is 6.02. The number of amides is 2. The maximum Gasteiger partial charge on any atom is 0.258 e. The second-order valence-electron chi connectivity index (χ2n) is 6.80. The van der Waals surface area contributed by atoms with Crippen LogP contribution in [0.3, 0.4) is 0 Å². The number of para-hydroxylation sites is 2. The van der Waals surface area contributed by atoms with Crippen molar-refractivity contribution in [1.82, 2.24) is 5.32 Å². The molecule has 0 aromatic heterocycles. The van der Waals surface area contributed by atoms with Crippen molar-refractivity contribution in [2.75, 3.05) is 24.4 Å². The minimum absolute atomic E-state index is 0.126. The van der Waals surface area contributed by atoms with Crippen LogP contribution in [0.4, 0.5) is 11.4 Å². The fourth-order valence-corrected chi connectivity index (χ4v) is 3.20. The van der Waals surface area contributed by atoms with Gasteiger partial charge in [0, 0.05) is 35.6 Å². The number of hydrogen-bond donors (Lipinski definition) is 2. The molecular weight excluding hydrogens is 422 g/mol. The molecule has 3 aromatic carbocycles. The highest BCUT2D eigenvalue weighted by Crippen LogP contribution is 2.19. The molecule has 3 aromatic rings. The van der Waals surface area contributed by atoms with Crippen LogP contribution in [0, 0.1) is 0 Å². The smallest absolute Gasteiger partial charge is 0.258 e. The van der Waals surface area contributed by atoms with Gasteiger partial charge in [0.2, 0.25) is 5.91 Å². The van der Waals surface area contributed by atoms with Crippen molar-refractivity contribution in [3.63, 3.8) is 0 Å². The molecule has 0 unspecified atom stereocenters. The van der Waals surface area contributed by atoms with E-state index in [1.54, 1.807) is 49.4 Å². The minimum Gasteiger partial charge on any atom is -0.496 e. The number of anilines is 2. The second-order valence-corrected chi connectivity index (χ2v) is 7.21. The van der Waals surface area contributed by atoms with Crippen molar-refractivity contribution in [1.29, 1.82) is 0 Å². The molecule has 0 heterocycles. The standard InChI is InChI=1S/C25H23N3O3S/c1-28(21-12-4-3-5-13-21)24(30)19-10-8-11-20(17-19)26-25(32)27-23(29)16-15-18-9-6-7-14-22(18)31-2/h3-17H,1-2H3,(H2,26,27,29,32)/b16-15+. The van der Waals surface area contributed by atoms with Crippen LogP contribution in [0.15, 0.2) is 84.9 Å². The topological polar surface area (TPSA) is 70.7 Å². The molecule has 0 aliphatic carbocycles. The number of carbonyl (C=O) groups excluding carboxylic acids is 2. The van der Waals surface area contributed by atoms with Crippen LogP contribution in [0.1, 0.15) is 15.9 Å². The highest BCUT2D eigenvalue weighted by molar-refractivity contribution is 7.80. The molecule has 0 radical (unpaired) electrons. The Labute approximate surface area is 192 Å². The molecule has 162 valence electrons. The predicted molar refractivity (Wildman–Crippen MR) is 132 cm³/mol. The molecule has 7 heteroatoms. The Balaban J connectivity index is 1.61. The third-order valence-electron chi connectivity index (χ3n) is 4.61. The number of carbonyl (C=O) groups is 2. The van der Waals surface area contributed by atoms with Gasteiger partial charge in [0.1, 0.15) is 5.75 Å². The first-order valence-corrected chi connectivity index (χ1v) is 10.2. The number of methoxy groups -OCH3 is 1. The summed E-state index contributed by atoms with van der Waals surface area (Å²) in [6.07, 6.45) is 3.02. The number of nitrogens with zero attached hydrogens (tertiary/aromatic N) is 1. The van der Waals surface area contributed by atoms with Gasteiger partial charge in [-0.25, -0.2) is 0 Å². The van der Waals surface area contributed by atoms with E-state index in [1.165, 1.54) is 6.08 Å². The zero-order chi connectivity index (χ0) is 22.9. The first kappa shape index (κ1) is 22.7. The number of ether oxygens (including phenoxy) is 1. The molecule has 0 saturated heterocycles.